The Bertz CT molecular complexity index is 402. The lowest BCUT2D eigenvalue weighted by molar-refractivity contribution is -0.0498. The zero-order chi connectivity index (χ0) is 12.5. The van der Waals surface area contributed by atoms with Crippen molar-refractivity contribution in [3.63, 3.8) is 0 Å². The first-order valence-electron chi connectivity index (χ1n) is 5.52. The van der Waals surface area contributed by atoms with Crippen LogP contribution in [0, 0.1) is 0 Å². The van der Waals surface area contributed by atoms with Crippen molar-refractivity contribution >= 4 is 11.6 Å². The Morgan fingerprint density at radius 2 is 2.12 bits per heavy atom. The standard InChI is InChI=1S/C12H14ClF2NO/c13-9-6-8(12(7-16)4-1-5-12)2-3-10(9)17-11(14)15/h2-3,6,11H,1,4-5,7,16H2. The van der Waals surface area contributed by atoms with E-state index in [4.69, 9.17) is 17.3 Å². The highest BCUT2D eigenvalue weighted by molar-refractivity contribution is 6.32. The van der Waals surface area contributed by atoms with Crippen LogP contribution in [0.25, 0.3) is 0 Å². The van der Waals surface area contributed by atoms with Gasteiger partial charge in [0.2, 0.25) is 0 Å². The summed E-state index contributed by atoms with van der Waals surface area (Å²) < 4.78 is 28.5. The highest BCUT2D eigenvalue weighted by Gasteiger charge is 2.37. The molecule has 1 saturated carbocycles. The Morgan fingerprint density at radius 1 is 1.41 bits per heavy atom. The quantitative estimate of drug-likeness (QED) is 0.902. The molecule has 0 heterocycles. The molecule has 0 spiro atoms. The van der Waals surface area contributed by atoms with Crippen molar-refractivity contribution in [2.24, 2.45) is 5.73 Å². The van der Waals surface area contributed by atoms with Gasteiger partial charge in [-0.15, -0.1) is 0 Å². The van der Waals surface area contributed by atoms with Gasteiger partial charge in [-0.1, -0.05) is 24.1 Å². The van der Waals surface area contributed by atoms with Crippen LogP contribution in [-0.4, -0.2) is 13.2 Å². The summed E-state index contributed by atoms with van der Waals surface area (Å²) in [5.41, 5.74) is 6.77. The van der Waals surface area contributed by atoms with Crippen LogP contribution in [0.5, 0.6) is 5.75 Å². The number of rotatable bonds is 4. The minimum absolute atomic E-state index is 0.0110. The fraction of sp³-hybridized carbons (Fsp3) is 0.500. The van der Waals surface area contributed by atoms with Gasteiger partial charge < -0.3 is 10.5 Å². The summed E-state index contributed by atoms with van der Waals surface area (Å²) in [5, 5.41) is 0.211. The molecule has 1 aliphatic rings. The maximum Gasteiger partial charge on any atom is 0.387 e. The molecule has 2 N–H and O–H groups in total. The summed E-state index contributed by atoms with van der Waals surface area (Å²) in [6.07, 6.45) is 3.19. The van der Waals surface area contributed by atoms with E-state index in [-0.39, 0.29) is 16.2 Å². The number of hydrogen-bond acceptors (Lipinski definition) is 2. The molecule has 0 radical (unpaired) electrons. The van der Waals surface area contributed by atoms with Gasteiger partial charge in [-0.3, -0.25) is 0 Å². The molecule has 94 valence electrons. The molecular weight excluding hydrogens is 248 g/mol. The number of ether oxygens (including phenoxy) is 1. The lowest BCUT2D eigenvalue weighted by Crippen LogP contribution is -2.41. The molecule has 2 nitrogen and oxygen atoms in total. The van der Waals surface area contributed by atoms with Crippen LogP contribution < -0.4 is 10.5 Å². The summed E-state index contributed by atoms with van der Waals surface area (Å²) in [5.74, 6) is 0.0110. The molecule has 5 heteroatoms. The van der Waals surface area contributed by atoms with Crippen molar-refractivity contribution in [3.8, 4) is 5.75 Å². The first-order chi connectivity index (χ1) is 8.07. The van der Waals surface area contributed by atoms with Gasteiger partial charge in [-0.25, -0.2) is 0 Å². The van der Waals surface area contributed by atoms with Gasteiger partial charge in [0.1, 0.15) is 5.75 Å². The fourth-order valence-corrected chi connectivity index (χ4v) is 2.46. The highest BCUT2D eigenvalue weighted by atomic mass is 35.5. The average Bonchev–Trinajstić information content (AvgIpc) is 2.20. The summed E-state index contributed by atoms with van der Waals surface area (Å²) in [6, 6.07) is 4.94. The highest BCUT2D eigenvalue weighted by Crippen LogP contribution is 2.44. The van der Waals surface area contributed by atoms with Crippen molar-refractivity contribution in [3.05, 3.63) is 28.8 Å². The predicted octanol–water partition coefficient (Wildman–Crippen LogP) is 3.32. The van der Waals surface area contributed by atoms with Crippen LogP contribution in [0.15, 0.2) is 18.2 Å². The number of alkyl halides is 2. The van der Waals surface area contributed by atoms with E-state index in [1.165, 1.54) is 6.07 Å². The molecule has 1 aromatic rings. The van der Waals surface area contributed by atoms with E-state index in [0.29, 0.717) is 6.54 Å². The van der Waals surface area contributed by atoms with Crippen molar-refractivity contribution in [2.45, 2.75) is 31.3 Å². The molecular formula is C12H14ClF2NO. The zero-order valence-corrected chi connectivity index (χ0v) is 10.0. The van der Waals surface area contributed by atoms with E-state index in [1.807, 2.05) is 0 Å². The molecule has 0 bridgehead atoms. The summed E-state index contributed by atoms with van der Waals surface area (Å²) in [6.45, 7) is -2.30. The van der Waals surface area contributed by atoms with Crippen LogP contribution >= 0.6 is 11.6 Å². The minimum atomic E-state index is -2.86. The van der Waals surface area contributed by atoms with E-state index >= 15 is 0 Å². The van der Waals surface area contributed by atoms with Gasteiger partial charge >= 0.3 is 6.61 Å². The van der Waals surface area contributed by atoms with E-state index in [0.717, 1.165) is 24.8 Å². The number of hydrogen-bond donors (Lipinski definition) is 1. The molecule has 2 rings (SSSR count). The molecule has 1 fully saturated rings. The van der Waals surface area contributed by atoms with E-state index in [1.54, 1.807) is 12.1 Å². The average molecular weight is 262 g/mol. The monoisotopic (exact) mass is 261 g/mol. The van der Waals surface area contributed by atoms with Crippen LogP contribution in [-0.2, 0) is 5.41 Å². The smallest absolute Gasteiger partial charge is 0.387 e. The van der Waals surface area contributed by atoms with Crippen LogP contribution in [0.2, 0.25) is 5.02 Å². The third kappa shape index (κ3) is 2.38. The van der Waals surface area contributed by atoms with Crippen molar-refractivity contribution in [1.29, 1.82) is 0 Å². The first kappa shape index (κ1) is 12.6. The molecule has 0 saturated heterocycles. The molecule has 1 aliphatic carbocycles. The Hall–Kier alpha value is -0.870. The Labute approximate surface area is 104 Å². The molecule has 0 aromatic heterocycles. The summed E-state index contributed by atoms with van der Waals surface area (Å²) in [4.78, 5) is 0. The molecule has 0 unspecified atom stereocenters. The van der Waals surface area contributed by atoms with Gasteiger partial charge in [0.15, 0.2) is 0 Å². The molecule has 0 aliphatic heterocycles. The zero-order valence-electron chi connectivity index (χ0n) is 9.26. The fourth-order valence-electron chi connectivity index (χ4n) is 2.24. The number of halogens is 3. The van der Waals surface area contributed by atoms with Crippen molar-refractivity contribution < 1.29 is 13.5 Å². The predicted molar refractivity (Wildman–Crippen MR) is 62.7 cm³/mol. The SMILES string of the molecule is NCC1(c2ccc(OC(F)F)c(Cl)c2)CCC1. The lowest BCUT2D eigenvalue weighted by Gasteiger charge is -2.41. The second-order valence-electron chi connectivity index (χ2n) is 4.36. The van der Waals surface area contributed by atoms with Crippen LogP contribution in [0.4, 0.5) is 8.78 Å². The van der Waals surface area contributed by atoms with Crippen LogP contribution in [0.1, 0.15) is 24.8 Å². The maximum absolute atomic E-state index is 12.1. The Kier molecular flexibility index (Phi) is 3.54. The van der Waals surface area contributed by atoms with Crippen molar-refractivity contribution in [2.75, 3.05) is 6.54 Å². The van der Waals surface area contributed by atoms with Gasteiger partial charge in [0, 0.05) is 12.0 Å². The summed E-state index contributed by atoms with van der Waals surface area (Å²) >= 11 is 5.92. The summed E-state index contributed by atoms with van der Waals surface area (Å²) in [7, 11) is 0. The van der Waals surface area contributed by atoms with Gasteiger partial charge in [0.05, 0.1) is 5.02 Å². The number of nitrogens with two attached hydrogens (primary N) is 1. The van der Waals surface area contributed by atoms with Gasteiger partial charge in [0.25, 0.3) is 0 Å². The minimum Gasteiger partial charge on any atom is -0.433 e. The van der Waals surface area contributed by atoms with Gasteiger partial charge in [-0.05, 0) is 30.5 Å². The Morgan fingerprint density at radius 3 is 2.53 bits per heavy atom. The van der Waals surface area contributed by atoms with Crippen LogP contribution in [0.3, 0.4) is 0 Å². The second-order valence-corrected chi connectivity index (χ2v) is 4.77. The van der Waals surface area contributed by atoms with E-state index in [2.05, 4.69) is 4.74 Å². The third-order valence-corrected chi connectivity index (χ3v) is 3.76. The van der Waals surface area contributed by atoms with E-state index in [9.17, 15) is 8.78 Å². The van der Waals surface area contributed by atoms with Gasteiger partial charge in [-0.2, -0.15) is 8.78 Å². The number of benzene rings is 1. The second kappa shape index (κ2) is 4.78. The topological polar surface area (TPSA) is 35.2 Å². The largest absolute Gasteiger partial charge is 0.433 e. The molecule has 17 heavy (non-hydrogen) atoms. The molecule has 0 atom stereocenters. The normalized spacial score (nSPS) is 17.9. The van der Waals surface area contributed by atoms with E-state index < -0.39 is 6.61 Å². The molecule has 1 aromatic carbocycles. The van der Waals surface area contributed by atoms with Crippen molar-refractivity contribution in [1.82, 2.24) is 0 Å². The third-order valence-electron chi connectivity index (χ3n) is 3.46. The lowest BCUT2D eigenvalue weighted by atomic mass is 9.64. The maximum atomic E-state index is 12.1. The molecule has 0 amide bonds. The first-order valence-corrected chi connectivity index (χ1v) is 5.90. The Balaban J connectivity index is 2.24.